The van der Waals surface area contributed by atoms with Crippen LogP contribution in [0.2, 0.25) is 0 Å². The van der Waals surface area contributed by atoms with E-state index in [2.05, 4.69) is 75.1 Å². The zero-order chi connectivity index (χ0) is 13.1. The van der Waals surface area contributed by atoms with Gasteiger partial charge in [0.05, 0.1) is 0 Å². The molecule has 18 heavy (non-hydrogen) atoms. The first kappa shape index (κ1) is 12.7. The molecule has 2 aromatic rings. The van der Waals surface area contributed by atoms with E-state index >= 15 is 0 Å². The molecule has 0 unspecified atom stereocenters. The van der Waals surface area contributed by atoms with Crippen molar-refractivity contribution in [3.8, 4) is 0 Å². The van der Waals surface area contributed by atoms with E-state index < -0.39 is 0 Å². The summed E-state index contributed by atoms with van der Waals surface area (Å²) < 4.78 is 0. The summed E-state index contributed by atoms with van der Waals surface area (Å²) in [6.45, 7) is 9.68. The highest BCUT2D eigenvalue weighted by atomic mass is 15.1. The highest BCUT2D eigenvalue weighted by Crippen LogP contribution is 2.29. The Balaban J connectivity index is 2.49. The quantitative estimate of drug-likeness (QED) is 0.745. The molecule has 2 aromatic carbocycles. The lowest BCUT2D eigenvalue weighted by molar-refractivity contribution is 1.01. The fourth-order valence-corrected chi connectivity index (χ4v) is 2.32. The molecular formula is C17H21N. The van der Waals surface area contributed by atoms with Gasteiger partial charge in [-0.15, -0.1) is 0 Å². The van der Waals surface area contributed by atoms with Crippen molar-refractivity contribution in [1.29, 1.82) is 0 Å². The normalized spacial score (nSPS) is 10.4. The van der Waals surface area contributed by atoms with Crippen LogP contribution >= 0.6 is 0 Å². The molecule has 0 heterocycles. The highest BCUT2D eigenvalue weighted by molar-refractivity contribution is 5.67. The second-order valence-corrected chi connectivity index (χ2v) is 4.80. The van der Waals surface area contributed by atoms with Gasteiger partial charge in [-0.3, -0.25) is 0 Å². The van der Waals surface area contributed by atoms with Crippen LogP contribution in [0.3, 0.4) is 0 Å². The van der Waals surface area contributed by atoms with Gasteiger partial charge in [0, 0.05) is 17.9 Å². The Morgan fingerprint density at radius 2 is 1.67 bits per heavy atom. The van der Waals surface area contributed by atoms with E-state index in [4.69, 9.17) is 0 Å². The summed E-state index contributed by atoms with van der Waals surface area (Å²) in [6, 6.07) is 15.2. The molecule has 0 amide bonds. The van der Waals surface area contributed by atoms with Gasteiger partial charge in [0.25, 0.3) is 0 Å². The molecule has 0 bridgehead atoms. The minimum Gasteiger partial charge on any atom is -0.342 e. The van der Waals surface area contributed by atoms with Crippen LogP contribution in [0.4, 0.5) is 11.4 Å². The van der Waals surface area contributed by atoms with Crippen molar-refractivity contribution in [3.63, 3.8) is 0 Å². The van der Waals surface area contributed by atoms with E-state index in [1.165, 1.54) is 28.1 Å². The Kier molecular flexibility index (Phi) is 3.71. The Hall–Kier alpha value is -1.76. The van der Waals surface area contributed by atoms with Crippen LogP contribution < -0.4 is 4.90 Å². The summed E-state index contributed by atoms with van der Waals surface area (Å²) in [6.07, 6.45) is 0. The van der Waals surface area contributed by atoms with E-state index in [0.29, 0.717) is 0 Å². The van der Waals surface area contributed by atoms with Crippen LogP contribution in [0.5, 0.6) is 0 Å². The van der Waals surface area contributed by atoms with Crippen molar-refractivity contribution in [2.45, 2.75) is 27.7 Å². The first-order valence-electron chi connectivity index (χ1n) is 6.54. The predicted molar refractivity (Wildman–Crippen MR) is 79.8 cm³/mol. The van der Waals surface area contributed by atoms with Crippen molar-refractivity contribution < 1.29 is 0 Å². The Bertz CT molecular complexity index is 543. The molecule has 0 aliphatic heterocycles. The Labute approximate surface area is 110 Å². The molecule has 0 N–H and O–H groups in total. The second kappa shape index (κ2) is 5.26. The molecule has 0 aliphatic rings. The first-order valence-corrected chi connectivity index (χ1v) is 6.54. The lowest BCUT2D eigenvalue weighted by atomic mass is 10.1. The molecule has 0 aromatic heterocycles. The summed E-state index contributed by atoms with van der Waals surface area (Å²) in [5.41, 5.74) is 6.59. The maximum Gasteiger partial charge on any atom is 0.0442 e. The van der Waals surface area contributed by atoms with Crippen molar-refractivity contribution in [1.82, 2.24) is 0 Å². The summed E-state index contributed by atoms with van der Waals surface area (Å²) in [5, 5.41) is 0. The summed E-state index contributed by atoms with van der Waals surface area (Å²) in [7, 11) is 0. The van der Waals surface area contributed by atoms with Crippen LogP contribution in [0.15, 0.2) is 42.5 Å². The van der Waals surface area contributed by atoms with E-state index in [0.717, 1.165) is 6.54 Å². The third kappa shape index (κ3) is 2.40. The van der Waals surface area contributed by atoms with Crippen molar-refractivity contribution in [2.75, 3.05) is 11.4 Å². The predicted octanol–water partition coefficient (Wildman–Crippen LogP) is 4.77. The summed E-state index contributed by atoms with van der Waals surface area (Å²) >= 11 is 0. The zero-order valence-electron chi connectivity index (χ0n) is 11.7. The maximum absolute atomic E-state index is 2.37. The van der Waals surface area contributed by atoms with Gasteiger partial charge in [-0.05, 0) is 62.6 Å². The fourth-order valence-electron chi connectivity index (χ4n) is 2.32. The van der Waals surface area contributed by atoms with Crippen LogP contribution in [-0.4, -0.2) is 6.54 Å². The monoisotopic (exact) mass is 239 g/mol. The molecule has 94 valence electrons. The van der Waals surface area contributed by atoms with Gasteiger partial charge in [0.15, 0.2) is 0 Å². The summed E-state index contributed by atoms with van der Waals surface area (Å²) in [4.78, 5) is 2.37. The molecule has 0 saturated heterocycles. The molecule has 0 fully saturated rings. The van der Waals surface area contributed by atoms with Gasteiger partial charge in [0.1, 0.15) is 0 Å². The van der Waals surface area contributed by atoms with Crippen LogP contribution in [0.1, 0.15) is 23.6 Å². The number of hydrogen-bond acceptors (Lipinski definition) is 1. The topological polar surface area (TPSA) is 3.24 Å². The fraction of sp³-hybridized carbons (Fsp3) is 0.294. The van der Waals surface area contributed by atoms with Gasteiger partial charge in [-0.2, -0.15) is 0 Å². The van der Waals surface area contributed by atoms with Gasteiger partial charge in [0.2, 0.25) is 0 Å². The SMILES string of the molecule is CCN(c1cccc(C)c1)c1cccc(C)c1C. The molecule has 0 aliphatic carbocycles. The molecule has 2 rings (SSSR count). The van der Waals surface area contributed by atoms with Crippen molar-refractivity contribution in [2.24, 2.45) is 0 Å². The molecule has 0 atom stereocenters. The average molecular weight is 239 g/mol. The Morgan fingerprint density at radius 3 is 2.33 bits per heavy atom. The third-order valence-electron chi connectivity index (χ3n) is 3.50. The van der Waals surface area contributed by atoms with E-state index in [-0.39, 0.29) is 0 Å². The smallest absolute Gasteiger partial charge is 0.0442 e. The van der Waals surface area contributed by atoms with Crippen LogP contribution in [-0.2, 0) is 0 Å². The number of hydrogen-bond donors (Lipinski definition) is 0. The van der Waals surface area contributed by atoms with Gasteiger partial charge in [-0.25, -0.2) is 0 Å². The highest BCUT2D eigenvalue weighted by Gasteiger charge is 2.10. The number of anilines is 2. The van der Waals surface area contributed by atoms with E-state index in [1.54, 1.807) is 0 Å². The van der Waals surface area contributed by atoms with Crippen molar-refractivity contribution >= 4 is 11.4 Å². The third-order valence-corrected chi connectivity index (χ3v) is 3.50. The number of aryl methyl sites for hydroxylation is 2. The zero-order valence-corrected chi connectivity index (χ0v) is 11.7. The number of nitrogens with zero attached hydrogens (tertiary/aromatic N) is 1. The molecule has 0 saturated carbocycles. The van der Waals surface area contributed by atoms with Gasteiger partial charge >= 0.3 is 0 Å². The van der Waals surface area contributed by atoms with E-state index in [9.17, 15) is 0 Å². The first-order chi connectivity index (χ1) is 8.63. The number of benzene rings is 2. The lowest BCUT2D eigenvalue weighted by Gasteiger charge is -2.26. The van der Waals surface area contributed by atoms with E-state index in [1.807, 2.05) is 0 Å². The largest absolute Gasteiger partial charge is 0.342 e. The molecule has 0 radical (unpaired) electrons. The average Bonchev–Trinajstić information content (AvgIpc) is 2.35. The minimum atomic E-state index is 0.980. The van der Waals surface area contributed by atoms with Crippen molar-refractivity contribution in [3.05, 3.63) is 59.2 Å². The summed E-state index contributed by atoms with van der Waals surface area (Å²) in [5.74, 6) is 0. The molecule has 0 spiro atoms. The number of rotatable bonds is 3. The van der Waals surface area contributed by atoms with Crippen LogP contribution in [0.25, 0.3) is 0 Å². The lowest BCUT2D eigenvalue weighted by Crippen LogP contribution is -2.17. The maximum atomic E-state index is 2.37. The standard InChI is InChI=1S/C17H21N/c1-5-18(16-10-6-8-13(2)12-16)17-11-7-9-14(3)15(17)4/h6-12H,5H2,1-4H3. The second-order valence-electron chi connectivity index (χ2n) is 4.80. The minimum absolute atomic E-state index is 0.980. The molecule has 1 heteroatoms. The van der Waals surface area contributed by atoms with Gasteiger partial charge < -0.3 is 4.90 Å². The van der Waals surface area contributed by atoms with Crippen LogP contribution in [0, 0.1) is 20.8 Å². The van der Waals surface area contributed by atoms with Gasteiger partial charge in [-0.1, -0.05) is 24.3 Å². The molecular weight excluding hydrogens is 218 g/mol. The molecule has 1 nitrogen and oxygen atoms in total. The Morgan fingerprint density at radius 1 is 0.944 bits per heavy atom.